The Balaban J connectivity index is 1.12. The molecule has 0 radical (unpaired) electrons. The zero-order chi connectivity index (χ0) is 34.2. The Bertz CT molecular complexity index is 2780. The summed E-state index contributed by atoms with van der Waals surface area (Å²) >= 11 is 0. The van der Waals surface area contributed by atoms with E-state index in [4.69, 9.17) is 9.97 Å². The number of hydrogen-bond donors (Lipinski definition) is 0. The van der Waals surface area contributed by atoms with Gasteiger partial charge in [-0.15, -0.1) is 0 Å². The number of para-hydroxylation sites is 1. The lowest BCUT2D eigenvalue weighted by Gasteiger charge is -2.37. The van der Waals surface area contributed by atoms with Crippen LogP contribution in [0.3, 0.4) is 0 Å². The maximum atomic E-state index is 5.51. The van der Waals surface area contributed by atoms with E-state index in [2.05, 4.69) is 164 Å². The molecule has 5 aliphatic rings. The SMILES string of the molecule is C1=CC2=Cc3nc(C4=CCCC=C4)c4c(c3CC2C=C1)C1C=CC=CC1C(c1cccc(-c2cc3cc5ccccc5nc3c3ccccc23)c1)=C4. The smallest absolute Gasteiger partial charge is 0.0788 e. The monoisotopic (exact) mass is 664 g/mol. The standard InChI is InChI=1S/C50H36N2/c1-2-13-31(14-3-1)49-45-30-43(38-20-7-9-22-40(38)48(45)44-27-32-15-4-5-16-33(32)29-47(44)52-49)35-19-12-18-34(25-35)42-28-37-26-36-17-6-11-24-46(36)51-50(37)41-23-10-8-21-39(41)42/h2,4-26,28-30,32,38,40H,1,3,27H2. The van der Waals surface area contributed by atoms with Crippen molar-refractivity contribution >= 4 is 55.9 Å². The number of fused-ring (bicyclic) bond motifs is 10. The Morgan fingerprint density at radius 1 is 0.635 bits per heavy atom. The van der Waals surface area contributed by atoms with Gasteiger partial charge in [0.2, 0.25) is 0 Å². The molecule has 2 nitrogen and oxygen atoms in total. The van der Waals surface area contributed by atoms with Crippen molar-refractivity contribution in [2.75, 3.05) is 0 Å². The van der Waals surface area contributed by atoms with Crippen LogP contribution in [0.25, 0.3) is 67.0 Å². The van der Waals surface area contributed by atoms with Crippen molar-refractivity contribution in [3.63, 3.8) is 0 Å². The van der Waals surface area contributed by atoms with Crippen LogP contribution in [0.15, 0.2) is 157 Å². The van der Waals surface area contributed by atoms with E-state index in [-0.39, 0.29) is 11.8 Å². The third kappa shape index (κ3) is 4.64. The molecule has 4 aromatic carbocycles. The normalized spacial score (nSPS) is 21.0. The first-order valence-electron chi connectivity index (χ1n) is 18.7. The highest BCUT2D eigenvalue weighted by atomic mass is 14.7. The van der Waals surface area contributed by atoms with Crippen LogP contribution in [0.5, 0.6) is 0 Å². The molecule has 3 unspecified atom stereocenters. The molecule has 3 atom stereocenters. The van der Waals surface area contributed by atoms with Crippen molar-refractivity contribution in [1.29, 1.82) is 0 Å². The lowest BCUT2D eigenvalue weighted by molar-refractivity contribution is 0.673. The number of rotatable bonds is 3. The van der Waals surface area contributed by atoms with Crippen molar-refractivity contribution in [2.45, 2.75) is 25.2 Å². The van der Waals surface area contributed by atoms with E-state index in [1.807, 2.05) is 0 Å². The van der Waals surface area contributed by atoms with Crippen LogP contribution >= 0.6 is 0 Å². The number of hydrogen-bond acceptors (Lipinski definition) is 2. The highest BCUT2D eigenvalue weighted by molar-refractivity contribution is 6.14. The minimum atomic E-state index is 0.235. The average molecular weight is 665 g/mol. The van der Waals surface area contributed by atoms with E-state index in [0.29, 0.717) is 5.92 Å². The molecule has 0 aliphatic heterocycles. The fraction of sp³-hybridized carbons (Fsp3) is 0.120. The summed E-state index contributed by atoms with van der Waals surface area (Å²) < 4.78 is 0. The lowest BCUT2D eigenvalue weighted by atomic mass is 9.67. The molecule has 246 valence electrons. The summed E-state index contributed by atoms with van der Waals surface area (Å²) in [5.74, 6) is 0.877. The molecule has 0 N–H and O–H groups in total. The molecule has 0 saturated carbocycles. The summed E-state index contributed by atoms with van der Waals surface area (Å²) in [6.45, 7) is 0. The second kappa shape index (κ2) is 11.7. The molecule has 6 aromatic rings. The van der Waals surface area contributed by atoms with Gasteiger partial charge in [0.1, 0.15) is 0 Å². The first-order valence-corrected chi connectivity index (χ1v) is 18.7. The third-order valence-electron chi connectivity index (χ3n) is 11.7. The Hall–Kier alpha value is -6.12. The Labute approximate surface area is 304 Å². The lowest BCUT2D eigenvalue weighted by Crippen LogP contribution is -2.24. The maximum Gasteiger partial charge on any atom is 0.0788 e. The van der Waals surface area contributed by atoms with Crippen LogP contribution in [0, 0.1) is 11.8 Å². The average Bonchev–Trinajstić information content (AvgIpc) is 3.21. The van der Waals surface area contributed by atoms with Crippen molar-refractivity contribution in [3.05, 3.63) is 191 Å². The highest BCUT2D eigenvalue weighted by Crippen LogP contribution is 2.51. The number of benzene rings is 4. The van der Waals surface area contributed by atoms with Gasteiger partial charge < -0.3 is 0 Å². The topological polar surface area (TPSA) is 25.8 Å². The number of pyridine rings is 2. The van der Waals surface area contributed by atoms with E-state index in [1.54, 1.807) is 0 Å². The molecule has 11 rings (SSSR count). The number of nitrogens with zero attached hydrogens (tertiary/aromatic N) is 2. The Kier molecular flexibility index (Phi) is 6.67. The second-order valence-corrected chi connectivity index (χ2v) is 14.7. The molecule has 0 spiro atoms. The van der Waals surface area contributed by atoms with Gasteiger partial charge in [0.05, 0.1) is 22.4 Å². The zero-order valence-corrected chi connectivity index (χ0v) is 28.8. The molecule has 5 aliphatic carbocycles. The van der Waals surface area contributed by atoms with E-state index >= 15 is 0 Å². The largest absolute Gasteiger partial charge is 0.247 e. The van der Waals surface area contributed by atoms with Crippen LogP contribution in [-0.2, 0) is 6.42 Å². The molecule has 2 heteroatoms. The molecule has 0 amide bonds. The predicted molar refractivity (Wildman–Crippen MR) is 219 cm³/mol. The predicted octanol–water partition coefficient (Wildman–Crippen LogP) is 12.4. The van der Waals surface area contributed by atoms with E-state index in [9.17, 15) is 0 Å². The Morgan fingerprint density at radius 2 is 1.48 bits per heavy atom. The fourth-order valence-electron chi connectivity index (χ4n) is 9.29. The van der Waals surface area contributed by atoms with Crippen LogP contribution in [0.4, 0.5) is 0 Å². The van der Waals surface area contributed by atoms with Gasteiger partial charge in [-0.1, -0.05) is 127 Å². The number of allylic oxidation sites excluding steroid dienone is 14. The summed E-state index contributed by atoms with van der Waals surface area (Å²) in [4.78, 5) is 10.7. The summed E-state index contributed by atoms with van der Waals surface area (Å²) in [6, 6.07) is 31.0. The third-order valence-corrected chi connectivity index (χ3v) is 11.7. The molecular formula is C50H36N2. The van der Waals surface area contributed by atoms with E-state index in [0.717, 1.165) is 47.1 Å². The van der Waals surface area contributed by atoms with Crippen molar-refractivity contribution in [2.24, 2.45) is 11.8 Å². The number of aromatic nitrogens is 2. The molecule has 0 fully saturated rings. The second-order valence-electron chi connectivity index (χ2n) is 14.7. The zero-order valence-electron chi connectivity index (χ0n) is 28.8. The van der Waals surface area contributed by atoms with E-state index in [1.165, 1.54) is 66.3 Å². The quantitative estimate of drug-likeness (QED) is 0.139. The fourth-order valence-corrected chi connectivity index (χ4v) is 9.29. The van der Waals surface area contributed by atoms with Gasteiger partial charge in [-0.2, -0.15) is 0 Å². The molecule has 2 aromatic heterocycles. The summed E-state index contributed by atoms with van der Waals surface area (Å²) in [7, 11) is 0. The van der Waals surface area contributed by atoms with E-state index < -0.39 is 0 Å². The van der Waals surface area contributed by atoms with Gasteiger partial charge in [-0.25, -0.2) is 9.97 Å². The molecule has 52 heavy (non-hydrogen) atoms. The van der Waals surface area contributed by atoms with Crippen LogP contribution < -0.4 is 0 Å². The molecule has 0 bridgehead atoms. The molecular weight excluding hydrogens is 629 g/mol. The Morgan fingerprint density at radius 3 is 2.40 bits per heavy atom. The first-order chi connectivity index (χ1) is 25.8. The summed E-state index contributed by atoms with van der Waals surface area (Å²) in [5, 5.41) is 4.74. The highest BCUT2D eigenvalue weighted by Gasteiger charge is 2.37. The van der Waals surface area contributed by atoms with Crippen molar-refractivity contribution < 1.29 is 0 Å². The van der Waals surface area contributed by atoms with Gasteiger partial charge in [0.15, 0.2) is 0 Å². The molecule has 2 heterocycles. The maximum absolute atomic E-state index is 5.51. The summed E-state index contributed by atoms with van der Waals surface area (Å²) in [5.41, 5.74) is 16.2. The van der Waals surface area contributed by atoms with Crippen molar-refractivity contribution in [1.82, 2.24) is 9.97 Å². The molecule has 0 saturated heterocycles. The van der Waals surface area contributed by atoms with Gasteiger partial charge in [-0.05, 0) is 106 Å². The van der Waals surface area contributed by atoms with Gasteiger partial charge >= 0.3 is 0 Å². The van der Waals surface area contributed by atoms with Crippen LogP contribution in [0.2, 0.25) is 0 Å². The summed E-state index contributed by atoms with van der Waals surface area (Å²) in [6.07, 6.45) is 33.3. The van der Waals surface area contributed by atoms with Gasteiger partial charge in [0.25, 0.3) is 0 Å². The first kappa shape index (κ1) is 29.6. The minimum absolute atomic E-state index is 0.235. The minimum Gasteiger partial charge on any atom is -0.247 e. The van der Waals surface area contributed by atoms with Crippen LogP contribution in [0.1, 0.15) is 52.4 Å². The van der Waals surface area contributed by atoms with Crippen molar-refractivity contribution in [3.8, 4) is 11.1 Å². The van der Waals surface area contributed by atoms with Gasteiger partial charge in [0, 0.05) is 39.5 Å². The van der Waals surface area contributed by atoms with Gasteiger partial charge in [-0.3, -0.25) is 0 Å². The van der Waals surface area contributed by atoms with Crippen LogP contribution in [-0.4, -0.2) is 9.97 Å².